The van der Waals surface area contributed by atoms with Crippen LogP contribution in [-0.2, 0) is 4.79 Å². The van der Waals surface area contributed by atoms with E-state index in [9.17, 15) is 4.79 Å². The lowest BCUT2D eigenvalue weighted by Gasteiger charge is -2.35. The first kappa shape index (κ1) is 15.8. The van der Waals surface area contributed by atoms with Crippen LogP contribution in [0.2, 0.25) is 0 Å². The third-order valence-corrected chi connectivity index (χ3v) is 4.64. The van der Waals surface area contributed by atoms with E-state index in [4.69, 9.17) is 0 Å². The van der Waals surface area contributed by atoms with Crippen molar-refractivity contribution in [2.45, 2.75) is 76.4 Å². The SMILES string of the molecule is CCCNC1CCC(N(C)CCC(=O)NC2CC2)CC1. The van der Waals surface area contributed by atoms with Crippen molar-refractivity contribution < 1.29 is 4.79 Å². The quantitative estimate of drug-likeness (QED) is 0.714. The largest absolute Gasteiger partial charge is 0.353 e. The lowest BCUT2D eigenvalue weighted by Crippen LogP contribution is -2.42. The second-order valence-corrected chi connectivity index (χ2v) is 6.53. The second kappa shape index (κ2) is 7.99. The molecule has 0 spiro atoms. The van der Waals surface area contributed by atoms with Gasteiger partial charge in [0.2, 0.25) is 5.91 Å². The smallest absolute Gasteiger partial charge is 0.221 e. The summed E-state index contributed by atoms with van der Waals surface area (Å²) in [7, 11) is 2.18. The van der Waals surface area contributed by atoms with Gasteiger partial charge in [0, 0.05) is 31.1 Å². The third-order valence-electron chi connectivity index (χ3n) is 4.64. The van der Waals surface area contributed by atoms with E-state index in [0.29, 0.717) is 18.5 Å². The van der Waals surface area contributed by atoms with Crippen LogP contribution in [0.1, 0.15) is 58.3 Å². The molecule has 0 atom stereocenters. The Kier molecular flexibility index (Phi) is 6.30. The Morgan fingerprint density at radius 1 is 1.10 bits per heavy atom. The van der Waals surface area contributed by atoms with Crippen molar-refractivity contribution >= 4 is 5.91 Å². The van der Waals surface area contributed by atoms with Gasteiger partial charge in [-0.15, -0.1) is 0 Å². The minimum absolute atomic E-state index is 0.234. The molecule has 0 aromatic carbocycles. The highest BCUT2D eigenvalue weighted by molar-refractivity contribution is 5.76. The molecule has 0 aromatic rings. The average molecular weight is 281 g/mol. The Balaban J connectivity index is 1.58. The fourth-order valence-corrected chi connectivity index (χ4v) is 3.06. The average Bonchev–Trinajstić information content (AvgIpc) is 3.27. The summed E-state index contributed by atoms with van der Waals surface area (Å²) >= 11 is 0. The summed E-state index contributed by atoms with van der Waals surface area (Å²) in [6.45, 7) is 4.27. The van der Waals surface area contributed by atoms with E-state index in [1.54, 1.807) is 0 Å². The molecule has 0 bridgehead atoms. The molecule has 0 saturated heterocycles. The van der Waals surface area contributed by atoms with Crippen molar-refractivity contribution in [1.29, 1.82) is 0 Å². The van der Waals surface area contributed by atoms with E-state index in [1.165, 1.54) is 44.9 Å². The van der Waals surface area contributed by atoms with Gasteiger partial charge in [0.05, 0.1) is 0 Å². The van der Waals surface area contributed by atoms with Crippen molar-refractivity contribution in [3.63, 3.8) is 0 Å². The Labute approximate surface area is 123 Å². The Morgan fingerprint density at radius 3 is 2.35 bits per heavy atom. The number of amides is 1. The second-order valence-electron chi connectivity index (χ2n) is 6.53. The standard InChI is InChI=1S/C16H31N3O/c1-3-11-17-13-6-8-15(9-7-13)19(2)12-10-16(20)18-14-4-5-14/h13-15,17H,3-12H2,1-2H3,(H,18,20). The molecular weight excluding hydrogens is 250 g/mol. The minimum atomic E-state index is 0.234. The van der Waals surface area contributed by atoms with Crippen LogP contribution in [0.5, 0.6) is 0 Å². The van der Waals surface area contributed by atoms with Gasteiger partial charge in [0.25, 0.3) is 0 Å². The predicted molar refractivity (Wildman–Crippen MR) is 82.7 cm³/mol. The van der Waals surface area contributed by atoms with Crippen molar-refractivity contribution in [2.24, 2.45) is 0 Å². The molecule has 2 N–H and O–H groups in total. The highest BCUT2D eigenvalue weighted by atomic mass is 16.1. The van der Waals surface area contributed by atoms with Gasteiger partial charge >= 0.3 is 0 Å². The summed E-state index contributed by atoms with van der Waals surface area (Å²) in [5.74, 6) is 0.234. The molecule has 0 heterocycles. The number of hydrogen-bond acceptors (Lipinski definition) is 3. The highest BCUT2D eigenvalue weighted by Crippen LogP contribution is 2.23. The third kappa shape index (κ3) is 5.41. The van der Waals surface area contributed by atoms with Crippen LogP contribution >= 0.6 is 0 Å². The first-order chi connectivity index (χ1) is 9.69. The number of nitrogens with zero attached hydrogens (tertiary/aromatic N) is 1. The summed E-state index contributed by atoms with van der Waals surface area (Å²) < 4.78 is 0. The number of hydrogen-bond donors (Lipinski definition) is 2. The number of carbonyl (C=O) groups is 1. The molecule has 0 unspecified atom stereocenters. The van der Waals surface area contributed by atoms with Crippen LogP contribution in [0.25, 0.3) is 0 Å². The maximum absolute atomic E-state index is 11.7. The molecule has 2 aliphatic carbocycles. The van der Waals surface area contributed by atoms with E-state index in [0.717, 1.165) is 19.1 Å². The minimum Gasteiger partial charge on any atom is -0.353 e. The van der Waals surface area contributed by atoms with E-state index in [-0.39, 0.29) is 5.91 Å². The topological polar surface area (TPSA) is 44.4 Å². The summed E-state index contributed by atoms with van der Waals surface area (Å²) in [5, 5.41) is 6.69. The van der Waals surface area contributed by atoms with Gasteiger partial charge in [-0.2, -0.15) is 0 Å². The first-order valence-electron chi connectivity index (χ1n) is 8.42. The summed E-state index contributed by atoms with van der Waals surface area (Å²) in [5.41, 5.74) is 0. The van der Waals surface area contributed by atoms with Crippen LogP contribution in [0.15, 0.2) is 0 Å². The molecule has 20 heavy (non-hydrogen) atoms. The Morgan fingerprint density at radius 2 is 1.75 bits per heavy atom. The van der Waals surface area contributed by atoms with Crippen LogP contribution in [0, 0.1) is 0 Å². The van der Waals surface area contributed by atoms with Gasteiger partial charge in [0.1, 0.15) is 0 Å². The van der Waals surface area contributed by atoms with Crippen LogP contribution in [-0.4, -0.2) is 49.1 Å². The number of nitrogens with one attached hydrogen (secondary N) is 2. The van der Waals surface area contributed by atoms with Gasteiger partial charge in [-0.1, -0.05) is 6.92 Å². The predicted octanol–water partition coefficient (Wildman–Crippen LogP) is 1.90. The summed E-state index contributed by atoms with van der Waals surface area (Å²) in [4.78, 5) is 14.1. The lowest BCUT2D eigenvalue weighted by atomic mass is 9.90. The van der Waals surface area contributed by atoms with Crippen molar-refractivity contribution in [1.82, 2.24) is 15.5 Å². The zero-order valence-corrected chi connectivity index (χ0v) is 13.2. The van der Waals surface area contributed by atoms with Gasteiger partial charge in [0.15, 0.2) is 0 Å². The molecular formula is C16H31N3O. The molecule has 2 aliphatic rings. The van der Waals surface area contributed by atoms with Crippen molar-refractivity contribution in [3.8, 4) is 0 Å². The molecule has 2 rings (SSSR count). The number of rotatable bonds is 8. The van der Waals surface area contributed by atoms with E-state index in [2.05, 4.69) is 29.5 Å². The Hall–Kier alpha value is -0.610. The molecule has 4 heteroatoms. The van der Waals surface area contributed by atoms with Crippen LogP contribution in [0.4, 0.5) is 0 Å². The van der Waals surface area contributed by atoms with E-state index < -0.39 is 0 Å². The molecule has 0 radical (unpaired) electrons. The molecule has 0 aliphatic heterocycles. The fraction of sp³-hybridized carbons (Fsp3) is 0.938. The van der Waals surface area contributed by atoms with Crippen LogP contribution < -0.4 is 10.6 Å². The first-order valence-corrected chi connectivity index (χ1v) is 8.42. The van der Waals surface area contributed by atoms with Gasteiger partial charge in [-0.25, -0.2) is 0 Å². The lowest BCUT2D eigenvalue weighted by molar-refractivity contribution is -0.121. The zero-order valence-electron chi connectivity index (χ0n) is 13.2. The normalized spacial score (nSPS) is 26.8. The van der Waals surface area contributed by atoms with Gasteiger partial charge in [-0.3, -0.25) is 4.79 Å². The highest BCUT2D eigenvalue weighted by Gasteiger charge is 2.25. The van der Waals surface area contributed by atoms with Crippen molar-refractivity contribution in [2.75, 3.05) is 20.1 Å². The maximum atomic E-state index is 11.7. The number of carbonyl (C=O) groups excluding carboxylic acids is 1. The van der Waals surface area contributed by atoms with Gasteiger partial charge < -0.3 is 15.5 Å². The molecule has 1 amide bonds. The Bertz CT molecular complexity index is 296. The summed E-state index contributed by atoms with van der Waals surface area (Å²) in [6.07, 6.45) is 9.32. The summed E-state index contributed by atoms with van der Waals surface area (Å²) in [6, 6.07) is 1.88. The molecule has 2 saturated carbocycles. The zero-order chi connectivity index (χ0) is 14.4. The fourth-order valence-electron chi connectivity index (χ4n) is 3.06. The molecule has 0 aromatic heterocycles. The van der Waals surface area contributed by atoms with Crippen molar-refractivity contribution in [3.05, 3.63) is 0 Å². The monoisotopic (exact) mass is 281 g/mol. The van der Waals surface area contributed by atoms with Gasteiger partial charge in [-0.05, 0) is 58.5 Å². The molecule has 116 valence electrons. The molecule has 4 nitrogen and oxygen atoms in total. The van der Waals surface area contributed by atoms with Crippen LogP contribution in [0.3, 0.4) is 0 Å². The maximum Gasteiger partial charge on any atom is 0.221 e. The van der Waals surface area contributed by atoms with E-state index in [1.807, 2.05) is 0 Å². The molecule has 2 fully saturated rings. The van der Waals surface area contributed by atoms with E-state index >= 15 is 0 Å².